The van der Waals surface area contributed by atoms with Gasteiger partial charge in [0.15, 0.2) is 0 Å². The van der Waals surface area contributed by atoms with Gasteiger partial charge in [-0.3, -0.25) is 14.6 Å². The first kappa shape index (κ1) is 16.8. The maximum Gasteiger partial charge on any atom is 0.222 e. The third-order valence-electron chi connectivity index (χ3n) is 6.92. The molecule has 5 heteroatoms. The smallest absolute Gasteiger partial charge is 0.222 e. The molecule has 4 fully saturated rings. The van der Waals surface area contributed by atoms with Gasteiger partial charge in [-0.1, -0.05) is 0 Å². The second kappa shape index (κ2) is 6.93. The number of likely N-dealkylation sites (N-methyl/N-ethyl adjacent to an activating group) is 1. The number of nitrogens with zero attached hydrogens (tertiary/aromatic N) is 3. The van der Waals surface area contributed by atoms with Gasteiger partial charge in [-0.05, 0) is 51.5 Å². The third-order valence-corrected chi connectivity index (χ3v) is 6.92. The first-order chi connectivity index (χ1) is 11.7. The quantitative estimate of drug-likeness (QED) is 0.784. The summed E-state index contributed by atoms with van der Waals surface area (Å²) < 4.78 is 5.55. The molecule has 0 aromatic rings. The molecule has 1 spiro atoms. The van der Waals surface area contributed by atoms with Gasteiger partial charge in [0, 0.05) is 63.9 Å². The Bertz CT molecular complexity index is 462. The maximum absolute atomic E-state index is 12.6. The van der Waals surface area contributed by atoms with E-state index in [-0.39, 0.29) is 5.54 Å². The lowest BCUT2D eigenvalue weighted by Crippen LogP contribution is -2.63. The van der Waals surface area contributed by atoms with Crippen molar-refractivity contribution in [1.29, 1.82) is 0 Å². The second-order valence-corrected chi connectivity index (χ2v) is 8.49. The van der Waals surface area contributed by atoms with E-state index in [0.29, 0.717) is 11.9 Å². The average Bonchev–Trinajstić information content (AvgIpc) is 3.44. The highest BCUT2D eigenvalue weighted by molar-refractivity contribution is 5.76. The molecule has 1 saturated carbocycles. The van der Waals surface area contributed by atoms with Crippen LogP contribution in [0.15, 0.2) is 0 Å². The molecule has 4 aliphatic rings. The summed E-state index contributed by atoms with van der Waals surface area (Å²) in [5, 5.41) is 0. The molecule has 5 nitrogen and oxygen atoms in total. The minimum absolute atomic E-state index is 0.199. The van der Waals surface area contributed by atoms with Crippen LogP contribution in [0.2, 0.25) is 0 Å². The van der Waals surface area contributed by atoms with E-state index < -0.39 is 0 Å². The fraction of sp³-hybridized carbons (Fsp3) is 0.947. The van der Waals surface area contributed by atoms with Crippen LogP contribution in [0.4, 0.5) is 0 Å². The minimum Gasteiger partial charge on any atom is -0.381 e. The summed E-state index contributed by atoms with van der Waals surface area (Å²) in [4.78, 5) is 20.0. The molecular weight excluding hydrogens is 302 g/mol. The molecule has 24 heavy (non-hydrogen) atoms. The summed E-state index contributed by atoms with van der Waals surface area (Å²) in [6, 6.07) is 0.686. The highest BCUT2D eigenvalue weighted by atomic mass is 16.5. The second-order valence-electron chi connectivity index (χ2n) is 8.49. The number of rotatable bonds is 3. The number of ether oxygens (including phenoxy) is 1. The summed E-state index contributed by atoms with van der Waals surface area (Å²) in [6.07, 6.45) is 7.90. The van der Waals surface area contributed by atoms with Gasteiger partial charge in [0.25, 0.3) is 0 Å². The van der Waals surface area contributed by atoms with Crippen molar-refractivity contribution in [2.24, 2.45) is 5.92 Å². The molecule has 136 valence electrons. The van der Waals surface area contributed by atoms with Gasteiger partial charge in [0.05, 0.1) is 0 Å². The highest BCUT2D eigenvalue weighted by Crippen LogP contribution is 2.36. The van der Waals surface area contributed by atoms with Crippen LogP contribution in [-0.2, 0) is 9.53 Å². The molecule has 0 aromatic carbocycles. The first-order valence-corrected chi connectivity index (χ1v) is 9.97. The van der Waals surface area contributed by atoms with E-state index >= 15 is 0 Å². The van der Waals surface area contributed by atoms with Crippen molar-refractivity contribution >= 4 is 5.91 Å². The summed E-state index contributed by atoms with van der Waals surface area (Å²) in [5.74, 6) is 1.20. The van der Waals surface area contributed by atoms with Crippen LogP contribution in [-0.4, -0.2) is 85.2 Å². The lowest BCUT2D eigenvalue weighted by atomic mass is 9.85. The SMILES string of the molecule is CN1CCN(C2CCOCC2)C[C@]12CCC(=O)N(CC1CC1)CC2. The van der Waals surface area contributed by atoms with Crippen LogP contribution in [0.5, 0.6) is 0 Å². The van der Waals surface area contributed by atoms with E-state index in [9.17, 15) is 4.79 Å². The molecule has 0 N–H and O–H groups in total. The van der Waals surface area contributed by atoms with E-state index in [1.54, 1.807) is 0 Å². The minimum atomic E-state index is 0.199. The number of hydrogen-bond acceptors (Lipinski definition) is 4. The molecule has 0 aromatic heterocycles. The van der Waals surface area contributed by atoms with Crippen molar-refractivity contribution in [3.63, 3.8) is 0 Å². The third kappa shape index (κ3) is 3.49. The lowest BCUT2D eigenvalue weighted by Gasteiger charge is -2.51. The molecule has 0 bridgehead atoms. The summed E-state index contributed by atoms with van der Waals surface area (Å²) in [5.41, 5.74) is 0.199. The van der Waals surface area contributed by atoms with Gasteiger partial charge in [0.1, 0.15) is 0 Å². The number of likely N-dealkylation sites (tertiary alicyclic amines) is 1. The topological polar surface area (TPSA) is 36.0 Å². The fourth-order valence-corrected chi connectivity index (χ4v) is 4.89. The van der Waals surface area contributed by atoms with Gasteiger partial charge in [-0.2, -0.15) is 0 Å². The number of carbonyl (C=O) groups is 1. The molecule has 0 unspecified atom stereocenters. The Balaban J connectivity index is 1.43. The molecule has 3 saturated heterocycles. The van der Waals surface area contributed by atoms with Gasteiger partial charge in [-0.25, -0.2) is 0 Å². The van der Waals surface area contributed by atoms with E-state index in [1.165, 1.54) is 32.2 Å². The first-order valence-electron chi connectivity index (χ1n) is 9.97. The Morgan fingerprint density at radius 3 is 2.62 bits per heavy atom. The Labute approximate surface area is 146 Å². The predicted molar refractivity (Wildman–Crippen MR) is 93.9 cm³/mol. The zero-order valence-electron chi connectivity index (χ0n) is 15.2. The number of hydrogen-bond donors (Lipinski definition) is 0. The van der Waals surface area contributed by atoms with E-state index in [0.717, 1.165) is 64.6 Å². The van der Waals surface area contributed by atoms with Crippen molar-refractivity contribution in [3.8, 4) is 0 Å². The van der Waals surface area contributed by atoms with Gasteiger partial charge in [0.2, 0.25) is 5.91 Å². The van der Waals surface area contributed by atoms with Gasteiger partial charge >= 0.3 is 0 Å². The number of amides is 1. The summed E-state index contributed by atoms with van der Waals surface area (Å²) in [6.45, 7) is 7.24. The highest BCUT2D eigenvalue weighted by Gasteiger charge is 2.44. The molecule has 1 atom stereocenters. The van der Waals surface area contributed by atoms with Crippen molar-refractivity contribution in [2.45, 2.75) is 56.5 Å². The van der Waals surface area contributed by atoms with E-state index in [2.05, 4.69) is 21.7 Å². The van der Waals surface area contributed by atoms with Crippen LogP contribution in [0, 0.1) is 5.92 Å². The predicted octanol–water partition coefficient (Wildman–Crippen LogP) is 1.57. The average molecular weight is 335 g/mol. The van der Waals surface area contributed by atoms with Crippen LogP contribution in [0.3, 0.4) is 0 Å². The molecule has 3 aliphatic heterocycles. The van der Waals surface area contributed by atoms with E-state index in [1.807, 2.05) is 0 Å². The van der Waals surface area contributed by atoms with Gasteiger partial charge < -0.3 is 9.64 Å². The van der Waals surface area contributed by atoms with E-state index in [4.69, 9.17) is 4.74 Å². The largest absolute Gasteiger partial charge is 0.381 e. The van der Waals surface area contributed by atoms with Crippen LogP contribution in [0.1, 0.15) is 44.9 Å². The van der Waals surface area contributed by atoms with Crippen molar-refractivity contribution in [1.82, 2.24) is 14.7 Å². The Hall–Kier alpha value is -0.650. The summed E-state index contributed by atoms with van der Waals surface area (Å²) in [7, 11) is 2.28. The van der Waals surface area contributed by atoms with Crippen molar-refractivity contribution in [2.75, 3.05) is 53.0 Å². The van der Waals surface area contributed by atoms with Crippen LogP contribution in [0.25, 0.3) is 0 Å². The number of piperazine rings is 1. The Kier molecular flexibility index (Phi) is 4.85. The fourth-order valence-electron chi connectivity index (χ4n) is 4.89. The Morgan fingerprint density at radius 1 is 1.08 bits per heavy atom. The normalized spacial score (nSPS) is 34.7. The monoisotopic (exact) mass is 335 g/mol. The zero-order valence-corrected chi connectivity index (χ0v) is 15.2. The molecular formula is C19H33N3O2. The van der Waals surface area contributed by atoms with Crippen molar-refractivity contribution in [3.05, 3.63) is 0 Å². The molecule has 1 amide bonds. The maximum atomic E-state index is 12.6. The zero-order chi connectivity index (χ0) is 16.6. The standard InChI is InChI=1S/C19H33N3O2/c1-20-10-11-22(17-5-12-24-13-6-17)15-19(20)7-4-18(23)21(9-8-19)14-16-2-3-16/h16-17H,2-15H2,1H3/t19-/m1/s1. The molecule has 4 rings (SSSR count). The molecule has 1 aliphatic carbocycles. The van der Waals surface area contributed by atoms with Crippen LogP contribution < -0.4 is 0 Å². The summed E-state index contributed by atoms with van der Waals surface area (Å²) >= 11 is 0. The lowest BCUT2D eigenvalue weighted by molar-refractivity contribution is -0.131. The van der Waals surface area contributed by atoms with Gasteiger partial charge in [-0.15, -0.1) is 0 Å². The van der Waals surface area contributed by atoms with Crippen LogP contribution >= 0.6 is 0 Å². The van der Waals surface area contributed by atoms with Crippen molar-refractivity contribution < 1.29 is 9.53 Å². The molecule has 3 heterocycles. The Morgan fingerprint density at radius 2 is 1.88 bits per heavy atom. The molecule has 0 radical (unpaired) electrons. The number of carbonyl (C=O) groups excluding carboxylic acids is 1.